The van der Waals surface area contributed by atoms with Crippen LogP contribution in [-0.4, -0.2) is 64.9 Å². The van der Waals surface area contributed by atoms with Crippen LogP contribution in [0.4, 0.5) is 10.6 Å². The second kappa shape index (κ2) is 9.40. The summed E-state index contributed by atoms with van der Waals surface area (Å²) >= 11 is 0. The molecule has 29 heavy (non-hydrogen) atoms. The van der Waals surface area contributed by atoms with Crippen molar-refractivity contribution in [2.24, 2.45) is 0 Å². The van der Waals surface area contributed by atoms with Crippen molar-refractivity contribution in [3.63, 3.8) is 0 Å². The highest BCUT2D eigenvalue weighted by molar-refractivity contribution is 6.57. The highest BCUT2D eigenvalue weighted by Gasteiger charge is 2.41. The van der Waals surface area contributed by atoms with Crippen molar-refractivity contribution in [1.82, 2.24) is 9.88 Å². The zero-order valence-electron chi connectivity index (χ0n) is 15.9. The molecule has 1 aliphatic heterocycles. The molecule has 2 atom stereocenters. The van der Waals surface area contributed by atoms with Crippen molar-refractivity contribution in [2.45, 2.75) is 25.1 Å². The first kappa shape index (κ1) is 20.6. The van der Waals surface area contributed by atoms with Crippen molar-refractivity contribution < 1.29 is 29.1 Å². The number of esters is 1. The predicted octanol–water partition coefficient (Wildman–Crippen LogP) is 0.126. The number of hydrogen-bond acceptors (Lipinski definition) is 8. The lowest BCUT2D eigenvalue weighted by atomic mass is 9.86. The second-order valence-corrected chi connectivity index (χ2v) is 6.63. The van der Waals surface area contributed by atoms with Gasteiger partial charge in [-0.05, 0) is 17.7 Å². The van der Waals surface area contributed by atoms with Crippen LogP contribution in [0.15, 0.2) is 48.5 Å². The molecule has 1 aromatic heterocycles. The molecule has 0 radical (unpaired) electrons. The van der Waals surface area contributed by atoms with Gasteiger partial charge in [0.25, 0.3) is 0 Å². The number of benzene rings is 1. The Morgan fingerprint density at radius 2 is 1.97 bits per heavy atom. The van der Waals surface area contributed by atoms with Gasteiger partial charge in [0.1, 0.15) is 18.5 Å². The summed E-state index contributed by atoms with van der Waals surface area (Å²) in [5.41, 5.74) is 0.935. The number of anilines is 1. The van der Waals surface area contributed by atoms with E-state index in [4.69, 9.17) is 9.47 Å². The molecular weight excluding hydrogens is 377 g/mol. The molecule has 2 heterocycles. The molecule has 0 unspecified atom stereocenters. The molecule has 1 amide bonds. The molecule has 3 rings (SSSR count). The zero-order valence-corrected chi connectivity index (χ0v) is 15.9. The highest BCUT2D eigenvalue weighted by atomic mass is 16.6. The van der Waals surface area contributed by atoms with Gasteiger partial charge in [-0.2, -0.15) is 0 Å². The van der Waals surface area contributed by atoms with Gasteiger partial charge in [0.15, 0.2) is 0 Å². The molecule has 152 valence electrons. The third kappa shape index (κ3) is 5.24. The first-order valence-electron chi connectivity index (χ1n) is 9.12. The molecule has 2 aromatic rings. The zero-order chi connectivity index (χ0) is 20.8. The number of aromatic nitrogens is 1. The average Bonchev–Trinajstić information content (AvgIpc) is 3.16. The maximum Gasteiger partial charge on any atom is 0.508 e. The lowest BCUT2D eigenvalue weighted by Gasteiger charge is -2.21. The number of methoxy groups -OCH3 is 1. The summed E-state index contributed by atoms with van der Waals surface area (Å²) in [5, 5.41) is 21.6. The number of ether oxygens (including phenoxy) is 2. The van der Waals surface area contributed by atoms with Crippen LogP contribution in [0.25, 0.3) is 0 Å². The van der Waals surface area contributed by atoms with E-state index < -0.39 is 25.2 Å². The Morgan fingerprint density at radius 3 is 2.66 bits per heavy atom. The van der Waals surface area contributed by atoms with Crippen LogP contribution in [0.1, 0.15) is 12.0 Å². The molecule has 3 N–H and O–H groups in total. The standard InChI is InChI=1S/C19H22BN3O6/c1-28-18(24)15-10-14(21-17-9-5-8-16(22-17)20(26)27)11-23(15)19(25)29-12-13-6-3-2-4-7-13/h2-9,14-15,26-27H,10-12H2,1H3,(H,21,22)/t14-,15-/m0/s1. The molecule has 0 spiro atoms. The maximum atomic E-state index is 12.6. The Morgan fingerprint density at radius 1 is 1.21 bits per heavy atom. The van der Waals surface area contributed by atoms with E-state index in [-0.39, 0.29) is 24.8 Å². The van der Waals surface area contributed by atoms with Crippen molar-refractivity contribution in [3.8, 4) is 0 Å². The summed E-state index contributed by atoms with van der Waals surface area (Å²) in [6.07, 6.45) is -0.304. The smallest absolute Gasteiger partial charge is 0.467 e. The van der Waals surface area contributed by atoms with Crippen molar-refractivity contribution in [1.29, 1.82) is 0 Å². The number of pyridine rings is 1. The van der Waals surface area contributed by atoms with Crippen LogP contribution in [-0.2, 0) is 20.9 Å². The summed E-state index contributed by atoms with van der Waals surface area (Å²) in [7, 11) is -0.419. The first-order valence-corrected chi connectivity index (χ1v) is 9.12. The number of hydrogen-bond donors (Lipinski definition) is 3. The average molecular weight is 399 g/mol. The second-order valence-electron chi connectivity index (χ2n) is 6.63. The van der Waals surface area contributed by atoms with Gasteiger partial charge in [0.05, 0.1) is 12.7 Å². The van der Waals surface area contributed by atoms with E-state index in [1.165, 1.54) is 18.1 Å². The van der Waals surface area contributed by atoms with Gasteiger partial charge in [-0.1, -0.05) is 36.4 Å². The number of carbonyl (C=O) groups excluding carboxylic acids is 2. The molecule has 0 bridgehead atoms. The number of amides is 1. The van der Waals surface area contributed by atoms with Crippen LogP contribution in [0, 0.1) is 0 Å². The molecule has 10 heteroatoms. The van der Waals surface area contributed by atoms with Gasteiger partial charge in [0.2, 0.25) is 0 Å². The molecule has 1 aromatic carbocycles. The highest BCUT2D eigenvalue weighted by Crippen LogP contribution is 2.23. The van der Waals surface area contributed by atoms with E-state index in [0.717, 1.165) is 5.56 Å². The van der Waals surface area contributed by atoms with Crippen LogP contribution >= 0.6 is 0 Å². The van der Waals surface area contributed by atoms with Crippen LogP contribution in [0.2, 0.25) is 0 Å². The Kier molecular flexibility index (Phi) is 6.68. The third-order valence-corrected chi connectivity index (χ3v) is 4.60. The van der Waals surface area contributed by atoms with Crippen LogP contribution < -0.4 is 10.9 Å². The lowest BCUT2D eigenvalue weighted by Crippen LogP contribution is -2.41. The van der Waals surface area contributed by atoms with Crippen molar-refractivity contribution in [2.75, 3.05) is 19.0 Å². The van der Waals surface area contributed by atoms with Gasteiger partial charge in [-0.15, -0.1) is 0 Å². The number of carbonyl (C=O) groups is 2. The van der Waals surface area contributed by atoms with Crippen molar-refractivity contribution in [3.05, 3.63) is 54.1 Å². The monoisotopic (exact) mass is 399 g/mol. The topological polar surface area (TPSA) is 121 Å². The fourth-order valence-electron chi connectivity index (χ4n) is 3.19. The van der Waals surface area contributed by atoms with Gasteiger partial charge < -0.3 is 24.8 Å². The molecule has 0 saturated carbocycles. The largest absolute Gasteiger partial charge is 0.508 e. The molecule has 9 nitrogen and oxygen atoms in total. The van der Waals surface area contributed by atoms with E-state index in [2.05, 4.69) is 10.3 Å². The minimum absolute atomic E-state index is 0.0941. The van der Waals surface area contributed by atoms with E-state index in [1.54, 1.807) is 12.1 Å². The van der Waals surface area contributed by atoms with Gasteiger partial charge in [0, 0.05) is 19.0 Å². The minimum Gasteiger partial charge on any atom is -0.467 e. The van der Waals surface area contributed by atoms with Gasteiger partial charge in [-0.25, -0.2) is 14.6 Å². The number of nitrogens with one attached hydrogen (secondary N) is 1. The van der Waals surface area contributed by atoms with E-state index in [0.29, 0.717) is 12.2 Å². The Hall–Kier alpha value is -3.11. The summed E-state index contributed by atoms with van der Waals surface area (Å²) in [6, 6.07) is 12.9. The van der Waals surface area contributed by atoms with Gasteiger partial charge in [-0.3, -0.25) is 4.90 Å². The molecule has 1 aliphatic rings. The number of rotatable bonds is 6. The molecule has 1 fully saturated rings. The van der Waals surface area contributed by atoms with Crippen molar-refractivity contribution >= 4 is 30.6 Å². The quantitative estimate of drug-likeness (QED) is 0.463. The molecule has 1 saturated heterocycles. The fourth-order valence-corrected chi connectivity index (χ4v) is 3.19. The van der Waals surface area contributed by atoms with E-state index >= 15 is 0 Å². The van der Waals surface area contributed by atoms with E-state index in [1.807, 2.05) is 30.3 Å². The van der Waals surface area contributed by atoms with Gasteiger partial charge >= 0.3 is 19.2 Å². The summed E-state index contributed by atoms with van der Waals surface area (Å²) in [6.45, 7) is 0.307. The Balaban J connectivity index is 1.67. The SMILES string of the molecule is COC(=O)[C@@H]1C[C@H](Nc2cccc(B(O)O)n2)CN1C(=O)OCc1ccccc1. The summed E-state index contributed by atoms with van der Waals surface area (Å²) < 4.78 is 10.2. The fraction of sp³-hybridized carbons (Fsp3) is 0.316. The summed E-state index contributed by atoms with van der Waals surface area (Å²) in [4.78, 5) is 30.2. The van der Waals surface area contributed by atoms with Crippen LogP contribution in [0.5, 0.6) is 0 Å². The maximum absolute atomic E-state index is 12.6. The first-order chi connectivity index (χ1) is 14.0. The number of likely N-dealkylation sites (tertiary alicyclic amines) is 1. The lowest BCUT2D eigenvalue weighted by molar-refractivity contribution is -0.145. The molecule has 0 aliphatic carbocycles. The van der Waals surface area contributed by atoms with Crippen LogP contribution in [0.3, 0.4) is 0 Å². The third-order valence-electron chi connectivity index (χ3n) is 4.60. The minimum atomic E-state index is -1.69. The number of nitrogens with zero attached hydrogens (tertiary/aromatic N) is 2. The molecular formula is C19H22BN3O6. The predicted molar refractivity (Wildman–Crippen MR) is 105 cm³/mol. The van der Waals surface area contributed by atoms with E-state index in [9.17, 15) is 19.6 Å². The Labute approximate surface area is 168 Å². The summed E-state index contributed by atoms with van der Waals surface area (Å²) in [5.74, 6) is -0.123. The Bertz CT molecular complexity index is 851. The normalized spacial score (nSPS) is 18.2.